The Bertz CT molecular complexity index is 865. The van der Waals surface area contributed by atoms with Crippen LogP contribution in [-0.4, -0.2) is 80.0 Å². The summed E-state index contributed by atoms with van der Waals surface area (Å²) < 4.78 is 30.2. The third kappa shape index (κ3) is 4.55. The first-order valence-corrected chi connectivity index (χ1v) is 12.4. The Kier molecular flexibility index (Phi) is 6.90. The Balaban J connectivity index is 1.86. The van der Waals surface area contributed by atoms with Crippen molar-refractivity contribution in [1.29, 1.82) is 0 Å². The van der Waals surface area contributed by atoms with Crippen LogP contribution in [0.5, 0.6) is 5.75 Å². The van der Waals surface area contributed by atoms with E-state index in [0.717, 1.165) is 12.8 Å². The van der Waals surface area contributed by atoms with Crippen LogP contribution in [0.1, 0.15) is 33.6 Å². The number of hydrogen-bond acceptors (Lipinski definition) is 5. The Morgan fingerprint density at radius 2 is 1.67 bits per heavy atom. The summed E-state index contributed by atoms with van der Waals surface area (Å²) in [7, 11) is -3.28. The molecular weight excluding hydrogens is 406 g/mol. The zero-order valence-electron chi connectivity index (χ0n) is 17.9. The van der Waals surface area contributed by atoms with Crippen molar-refractivity contribution in [3.8, 4) is 5.75 Å². The third-order valence-electron chi connectivity index (χ3n) is 5.55. The van der Waals surface area contributed by atoms with Gasteiger partial charge >= 0.3 is 6.03 Å². The van der Waals surface area contributed by atoms with E-state index < -0.39 is 21.9 Å². The van der Waals surface area contributed by atoms with Crippen LogP contribution in [0.2, 0.25) is 0 Å². The van der Waals surface area contributed by atoms with E-state index in [4.69, 9.17) is 4.74 Å². The molecule has 3 rings (SSSR count). The Morgan fingerprint density at radius 3 is 2.23 bits per heavy atom. The van der Waals surface area contributed by atoms with E-state index in [1.54, 1.807) is 29.2 Å². The van der Waals surface area contributed by atoms with E-state index in [0.29, 0.717) is 31.1 Å². The zero-order chi connectivity index (χ0) is 21.9. The van der Waals surface area contributed by atoms with Crippen LogP contribution >= 0.6 is 0 Å². The van der Waals surface area contributed by atoms with Gasteiger partial charge < -0.3 is 14.5 Å². The second kappa shape index (κ2) is 9.24. The second-order valence-corrected chi connectivity index (χ2v) is 9.95. The summed E-state index contributed by atoms with van der Waals surface area (Å²) in [5.74, 6) is 0.356. The van der Waals surface area contributed by atoms with Crippen molar-refractivity contribution in [3.63, 3.8) is 0 Å². The van der Waals surface area contributed by atoms with Crippen LogP contribution in [0.15, 0.2) is 24.3 Å². The number of nitrogens with zero attached hydrogens (tertiary/aromatic N) is 3. The smallest absolute Gasteiger partial charge is 0.325 e. The van der Waals surface area contributed by atoms with E-state index in [9.17, 15) is 18.0 Å². The van der Waals surface area contributed by atoms with Crippen molar-refractivity contribution in [2.75, 3.05) is 42.6 Å². The predicted molar refractivity (Wildman–Crippen MR) is 116 cm³/mol. The molecule has 2 heterocycles. The molecule has 0 aliphatic carbocycles. The fourth-order valence-corrected chi connectivity index (χ4v) is 6.23. The molecule has 2 aliphatic heterocycles. The van der Waals surface area contributed by atoms with Crippen LogP contribution in [-0.2, 0) is 14.6 Å². The number of urea groups is 1. The van der Waals surface area contributed by atoms with Crippen LogP contribution in [0.4, 0.5) is 10.5 Å². The zero-order valence-corrected chi connectivity index (χ0v) is 18.7. The summed E-state index contributed by atoms with van der Waals surface area (Å²) in [4.78, 5) is 30.9. The van der Waals surface area contributed by atoms with Crippen LogP contribution < -0.4 is 9.64 Å². The van der Waals surface area contributed by atoms with E-state index in [1.807, 2.05) is 20.8 Å². The number of ether oxygens (including phenoxy) is 1. The first-order valence-electron chi connectivity index (χ1n) is 10.6. The molecule has 166 valence electrons. The van der Waals surface area contributed by atoms with Gasteiger partial charge in [0, 0.05) is 18.8 Å². The molecule has 0 bridgehead atoms. The highest BCUT2D eigenvalue weighted by atomic mass is 32.2. The van der Waals surface area contributed by atoms with Gasteiger partial charge in [0.05, 0.1) is 30.2 Å². The van der Waals surface area contributed by atoms with Gasteiger partial charge in [-0.3, -0.25) is 9.69 Å². The summed E-state index contributed by atoms with van der Waals surface area (Å²) in [5, 5.41) is 0. The molecule has 0 N–H and O–H groups in total. The second-order valence-electron chi connectivity index (χ2n) is 7.80. The lowest BCUT2D eigenvalue weighted by molar-refractivity contribution is -0.132. The van der Waals surface area contributed by atoms with Crippen molar-refractivity contribution in [3.05, 3.63) is 24.3 Å². The van der Waals surface area contributed by atoms with Gasteiger partial charge in [0.15, 0.2) is 9.84 Å². The van der Waals surface area contributed by atoms with Gasteiger partial charge in [0.1, 0.15) is 12.3 Å². The maximum Gasteiger partial charge on any atom is 0.325 e. The van der Waals surface area contributed by atoms with Crippen LogP contribution in [0.3, 0.4) is 0 Å². The fourth-order valence-electron chi connectivity index (χ4n) is 4.28. The summed E-state index contributed by atoms with van der Waals surface area (Å²) in [6.07, 6.45) is 1.66. The molecule has 1 aromatic rings. The average molecular weight is 438 g/mol. The summed E-state index contributed by atoms with van der Waals surface area (Å²) in [6, 6.07) is 5.74. The van der Waals surface area contributed by atoms with Gasteiger partial charge in [0.2, 0.25) is 5.91 Å². The molecule has 0 saturated carbocycles. The highest BCUT2D eigenvalue weighted by Gasteiger charge is 2.54. The van der Waals surface area contributed by atoms with E-state index in [1.165, 1.54) is 9.80 Å². The number of benzene rings is 1. The maximum absolute atomic E-state index is 13.3. The van der Waals surface area contributed by atoms with Crippen molar-refractivity contribution in [1.82, 2.24) is 9.80 Å². The normalized spacial score (nSPS) is 22.3. The molecule has 0 aromatic heterocycles. The van der Waals surface area contributed by atoms with Gasteiger partial charge in [-0.05, 0) is 44.0 Å². The lowest BCUT2D eigenvalue weighted by Crippen LogP contribution is -2.46. The molecule has 0 spiro atoms. The molecule has 1 aromatic carbocycles. The van der Waals surface area contributed by atoms with E-state index >= 15 is 0 Å². The molecule has 3 amide bonds. The van der Waals surface area contributed by atoms with E-state index in [2.05, 4.69) is 0 Å². The van der Waals surface area contributed by atoms with Crippen molar-refractivity contribution < 1.29 is 22.7 Å². The molecular formula is C21H31N3O5S. The molecule has 30 heavy (non-hydrogen) atoms. The van der Waals surface area contributed by atoms with Gasteiger partial charge in [0.25, 0.3) is 0 Å². The van der Waals surface area contributed by atoms with Gasteiger partial charge in [-0.15, -0.1) is 0 Å². The maximum atomic E-state index is 13.3. The molecule has 8 nitrogen and oxygen atoms in total. The molecule has 2 atom stereocenters. The molecule has 0 radical (unpaired) electrons. The third-order valence-corrected chi connectivity index (χ3v) is 7.25. The van der Waals surface area contributed by atoms with Gasteiger partial charge in [-0.1, -0.05) is 13.8 Å². The minimum Gasteiger partial charge on any atom is -0.494 e. The molecule has 2 fully saturated rings. The minimum absolute atomic E-state index is 0.0884. The fraction of sp³-hybridized carbons (Fsp3) is 0.619. The van der Waals surface area contributed by atoms with Crippen LogP contribution in [0.25, 0.3) is 0 Å². The molecule has 2 saturated heterocycles. The Morgan fingerprint density at radius 1 is 1.07 bits per heavy atom. The van der Waals surface area contributed by atoms with Crippen molar-refractivity contribution in [2.45, 2.75) is 45.7 Å². The minimum atomic E-state index is -3.28. The topological polar surface area (TPSA) is 87.2 Å². The molecule has 2 aliphatic rings. The number of carbonyl (C=O) groups is 2. The monoisotopic (exact) mass is 437 g/mol. The van der Waals surface area contributed by atoms with Crippen molar-refractivity contribution in [2.24, 2.45) is 0 Å². The molecule has 2 unspecified atom stereocenters. The summed E-state index contributed by atoms with van der Waals surface area (Å²) in [6.45, 7) is 7.60. The SMILES string of the molecule is CCCN(CCC)C(=O)CN1C(=O)N(c2ccc(OCC)cc2)C2CS(=O)(=O)CC21. The van der Waals surface area contributed by atoms with Gasteiger partial charge in [-0.25, -0.2) is 13.2 Å². The van der Waals surface area contributed by atoms with Gasteiger partial charge in [-0.2, -0.15) is 0 Å². The number of carbonyl (C=O) groups excluding carboxylic acids is 2. The summed E-state index contributed by atoms with van der Waals surface area (Å²) >= 11 is 0. The number of rotatable bonds is 9. The lowest BCUT2D eigenvalue weighted by Gasteiger charge is -2.27. The first-order chi connectivity index (χ1) is 14.3. The number of fused-ring (bicyclic) bond motifs is 1. The standard InChI is InChI=1S/C21H31N3O5S/c1-4-11-22(12-5-2)20(25)13-23-18-14-30(27,28)15-19(18)24(21(23)26)16-7-9-17(10-8-16)29-6-3/h7-10,18-19H,4-6,11-15H2,1-3H3. The van der Waals surface area contributed by atoms with Crippen molar-refractivity contribution >= 4 is 27.5 Å². The lowest BCUT2D eigenvalue weighted by atomic mass is 10.1. The highest BCUT2D eigenvalue weighted by molar-refractivity contribution is 7.91. The largest absolute Gasteiger partial charge is 0.494 e. The number of sulfone groups is 1. The Hall–Kier alpha value is -2.29. The number of amides is 3. The predicted octanol–water partition coefficient (Wildman–Crippen LogP) is 2.14. The summed E-state index contributed by atoms with van der Waals surface area (Å²) in [5.41, 5.74) is 0.615. The van der Waals surface area contributed by atoms with E-state index in [-0.39, 0.29) is 30.0 Å². The van der Waals surface area contributed by atoms with Crippen LogP contribution in [0, 0.1) is 0 Å². The average Bonchev–Trinajstić information content (AvgIpc) is 3.13. The highest BCUT2D eigenvalue weighted by Crippen LogP contribution is 2.35. The Labute approximate surface area is 178 Å². The number of anilines is 1. The first kappa shape index (κ1) is 22.4. The number of hydrogen-bond donors (Lipinski definition) is 0. The quantitative estimate of drug-likeness (QED) is 0.553. The molecule has 9 heteroatoms.